The Morgan fingerprint density at radius 1 is 0.889 bits per heavy atom. The van der Waals surface area contributed by atoms with Crippen LogP contribution in [0.3, 0.4) is 0 Å². The molecule has 1 amide bonds. The molecule has 0 unspecified atom stereocenters. The van der Waals surface area contributed by atoms with Crippen LogP contribution in [0.15, 0.2) is 60.2 Å². The lowest BCUT2D eigenvalue weighted by Gasteiger charge is -2.41. The molecule has 1 saturated heterocycles. The lowest BCUT2D eigenvalue weighted by molar-refractivity contribution is -0.128. The number of aryl methyl sites for hydroxylation is 2. The Hall–Kier alpha value is -3.72. The minimum atomic E-state index is -0.0496. The second-order valence-electron chi connectivity index (χ2n) is 12.1. The van der Waals surface area contributed by atoms with Crippen LogP contribution < -0.4 is 29.6 Å². The summed E-state index contributed by atoms with van der Waals surface area (Å²) in [6.45, 7) is 6.94. The molecule has 2 N–H and O–H groups in total. The number of rotatable bonds is 12. The van der Waals surface area contributed by atoms with Gasteiger partial charge in [0.1, 0.15) is 36.2 Å². The van der Waals surface area contributed by atoms with E-state index in [2.05, 4.69) is 22.8 Å². The number of methoxy groups -OCH3 is 2. The van der Waals surface area contributed by atoms with Crippen LogP contribution in [-0.2, 0) is 11.3 Å². The molecule has 2 heterocycles. The molecule has 3 aliphatic rings. The van der Waals surface area contributed by atoms with Crippen LogP contribution in [0.5, 0.6) is 23.0 Å². The number of amides is 1. The minimum absolute atomic E-state index is 0.0496. The minimum Gasteiger partial charge on any atom is -0.497 e. The first-order chi connectivity index (χ1) is 21.8. The van der Waals surface area contributed by atoms with Gasteiger partial charge in [-0.15, -0.1) is 0 Å². The van der Waals surface area contributed by atoms with Crippen molar-refractivity contribution in [1.82, 2.24) is 15.5 Å². The van der Waals surface area contributed by atoms with Crippen molar-refractivity contribution < 1.29 is 23.7 Å². The first kappa shape index (κ1) is 31.3. The predicted molar refractivity (Wildman–Crippen MR) is 177 cm³/mol. The van der Waals surface area contributed by atoms with E-state index in [0.29, 0.717) is 42.0 Å². The van der Waals surface area contributed by atoms with E-state index in [1.165, 1.54) is 0 Å². The Kier molecular flexibility index (Phi) is 9.54. The third-order valence-electron chi connectivity index (χ3n) is 8.90. The highest BCUT2D eigenvalue weighted by atomic mass is 35.5. The highest BCUT2D eigenvalue weighted by Crippen LogP contribution is 2.37. The average molecular weight is 632 g/mol. The number of hydrogen-bond donors (Lipinski definition) is 2. The van der Waals surface area contributed by atoms with Crippen molar-refractivity contribution in [3.8, 4) is 23.0 Å². The molecule has 238 valence electrons. The molecule has 2 atom stereocenters. The second kappa shape index (κ2) is 13.7. The fraction of sp³-hybridized carbons (Fsp3) is 0.417. The number of halogens is 1. The summed E-state index contributed by atoms with van der Waals surface area (Å²) in [4.78, 5) is 16.5. The van der Waals surface area contributed by atoms with Crippen LogP contribution in [-0.4, -0.2) is 69.5 Å². The number of hydrogen-bond acceptors (Lipinski definition) is 7. The summed E-state index contributed by atoms with van der Waals surface area (Å²) in [7, 11) is 3.29. The SMILES string of the molecule is COc1cc(CN(C(=O)C2=C(c3ccc(OCCOc4cc(C)c(C)cc4Cl)cc3)C[C@@H]3CNC[C@H]2N3)C2CC2)cc(OC)c1. The maximum absolute atomic E-state index is 14.5. The third kappa shape index (κ3) is 7.24. The molecule has 0 radical (unpaired) electrons. The third-order valence-corrected chi connectivity index (χ3v) is 9.20. The molecular weight excluding hydrogens is 590 g/mol. The van der Waals surface area contributed by atoms with Gasteiger partial charge in [0, 0.05) is 43.4 Å². The average Bonchev–Trinajstić information content (AvgIpc) is 3.89. The molecule has 1 aliphatic carbocycles. The topological polar surface area (TPSA) is 81.3 Å². The Morgan fingerprint density at radius 3 is 2.27 bits per heavy atom. The van der Waals surface area contributed by atoms with E-state index >= 15 is 0 Å². The van der Waals surface area contributed by atoms with Gasteiger partial charge >= 0.3 is 0 Å². The largest absolute Gasteiger partial charge is 0.497 e. The zero-order chi connectivity index (χ0) is 31.5. The summed E-state index contributed by atoms with van der Waals surface area (Å²) in [6.07, 6.45) is 2.81. The van der Waals surface area contributed by atoms with Gasteiger partial charge in [-0.1, -0.05) is 23.7 Å². The van der Waals surface area contributed by atoms with Crippen molar-refractivity contribution >= 4 is 23.1 Å². The second-order valence-corrected chi connectivity index (χ2v) is 12.6. The quantitative estimate of drug-likeness (QED) is 0.248. The monoisotopic (exact) mass is 631 g/mol. The highest BCUT2D eigenvalue weighted by Gasteiger charge is 2.41. The predicted octanol–water partition coefficient (Wildman–Crippen LogP) is 5.71. The van der Waals surface area contributed by atoms with Crippen molar-refractivity contribution in [3.63, 3.8) is 0 Å². The van der Waals surface area contributed by atoms with Gasteiger partial charge in [-0.05, 0) is 97.3 Å². The smallest absolute Gasteiger partial charge is 0.252 e. The van der Waals surface area contributed by atoms with Gasteiger partial charge in [0.05, 0.1) is 25.3 Å². The number of carbonyl (C=O) groups is 1. The Bertz CT molecular complexity index is 1550. The van der Waals surface area contributed by atoms with Crippen LogP contribution in [0.4, 0.5) is 0 Å². The number of carbonyl (C=O) groups excluding carboxylic acids is 1. The molecule has 2 fully saturated rings. The van der Waals surface area contributed by atoms with Crippen LogP contribution in [0, 0.1) is 13.8 Å². The lowest BCUT2D eigenvalue weighted by atomic mass is 9.83. The van der Waals surface area contributed by atoms with E-state index in [-0.39, 0.29) is 24.0 Å². The Morgan fingerprint density at radius 2 is 1.58 bits per heavy atom. The molecule has 45 heavy (non-hydrogen) atoms. The van der Waals surface area contributed by atoms with Crippen LogP contribution in [0.1, 0.15) is 41.5 Å². The molecule has 0 aromatic heterocycles. The normalized spacial score (nSPS) is 19.2. The zero-order valence-electron chi connectivity index (χ0n) is 26.5. The van der Waals surface area contributed by atoms with Crippen LogP contribution in [0.2, 0.25) is 5.02 Å². The first-order valence-corrected chi connectivity index (χ1v) is 16.1. The fourth-order valence-corrected chi connectivity index (χ4v) is 6.50. The molecule has 2 bridgehead atoms. The molecule has 3 aromatic rings. The summed E-state index contributed by atoms with van der Waals surface area (Å²) in [5, 5.41) is 7.84. The van der Waals surface area contributed by atoms with Crippen molar-refractivity contribution in [2.45, 2.75) is 57.8 Å². The molecule has 1 saturated carbocycles. The van der Waals surface area contributed by atoms with E-state index in [0.717, 1.165) is 71.5 Å². The van der Waals surface area contributed by atoms with Crippen molar-refractivity contribution in [2.75, 3.05) is 40.5 Å². The number of piperazine rings is 1. The van der Waals surface area contributed by atoms with E-state index in [1.54, 1.807) is 14.2 Å². The maximum atomic E-state index is 14.5. The van der Waals surface area contributed by atoms with Gasteiger partial charge in [0.15, 0.2) is 0 Å². The molecule has 2 aliphatic heterocycles. The molecule has 3 aromatic carbocycles. The van der Waals surface area contributed by atoms with Gasteiger partial charge in [-0.25, -0.2) is 0 Å². The maximum Gasteiger partial charge on any atom is 0.252 e. The summed E-state index contributed by atoms with van der Waals surface area (Å²) in [6, 6.07) is 18.3. The van der Waals surface area contributed by atoms with E-state index < -0.39 is 0 Å². The number of nitrogens with one attached hydrogen (secondary N) is 2. The lowest BCUT2D eigenvalue weighted by Crippen LogP contribution is -2.59. The Labute approximate surface area is 270 Å². The number of fused-ring (bicyclic) bond motifs is 2. The van der Waals surface area contributed by atoms with E-state index in [1.807, 2.05) is 61.2 Å². The van der Waals surface area contributed by atoms with E-state index in [4.69, 9.17) is 30.5 Å². The summed E-state index contributed by atoms with van der Waals surface area (Å²) in [5.41, 5.74) is 6.28. The van der Waals surface area contributed by atoms with Gasteiger partial charge in [-0.2, -0.15) is 0 Å². The zero-order valence-corrected chi connectivity index (χ0v) is 27.2. The van der Waals surface area contributed by atoms with Crippen molar-refractivity contribution in [1.29, 1.82) is 0 Å². The van der Waals surface area contributed by atoms with Gasteiger partial charge < -0.3 is 34.5 Å². The highest BCUT2D eigenvalue weighted by molar-refractivity contribution is 6.32. The van der Waals surface area contributed by atoms with Crippen LogP contribution in [0.25, 0.3) is 5.57 Å². The van der Waals surface area contributed by atoms with Crippen molar-refractivity contribution in [2.24, 2.45) is 0 Å². The van der Waals surface area contributed by atoms with Crippen molar-refractivity contribution in [3.05, 3.63) is 87.4 Å². The van der Waals surface area contributed by atoms with Gasteiger partial charge in [0.2, 0.25) is 0 Å². The molecular formula is C36H42ClN3O5. The molecule has 8 nitrogen and oxygen atoms in total. The first-order valence-electron chi connectivity index (χ1n) is 15.7. The molecule has 6 rings (SSSR count). The molecule has 9 heteroatoms. The van der Waals surface area contributed by atoms with Crippen LogP contribution >= 0.6 is 11.6 Å². The fourth-order valence-electron chi connectivity index (χ4n) is 6.23. The molecule has 0 spiro atoms. The summed E-state index contributed by atoms with van der Waals surface area (Å²) >= 11 is 6.35. The van der Waals surface area contributed by atoms with Gasteiger partial charge in [-0.3, -0.25) is 4.79 Å². The standard InChI is InChI=1S/C36H42ClN3O5/c1-22-13-32(37)34(14-23(22)2)45-12-11-44-28-9-5-25(6-10-28)31-17-26-19-38-20-33(39-26)35(31)36(41)40(27-7-8-27)21-24-15-29(42-3)18-30(16-24)43-4/h5-6,9-10,13-16,18,26-27,33,38-39H,7-8,11-12,17,19-21H2,1-4H3/t26-,33-/m1/s1. The Balaban J connectivity index is 1.19. The van der Waals surface area contributed by atoms with Gasteiger partial charge in [0.25, 0.3) is 5.91 Å². The van der Waals surface area contributed by atoms with E-state index in [9.17, 15) is 4.79 Å². The summed E-state index contributed by atoms with van der Waals surface area (Å²) < 4.78 is 22.9. The number of ether oxygens (including phenoxy) is 4. The summed E-state index contributed by atoms with van der Waals surface area (Å²) in [5.74, 6) is 2.95. The number of nitrogens with zero attached hydrogens (tertiary/aromatic N) is 1. The number of benzene rings is 3.